The van der Waals surface area contributed by atoms with E-state index in [4.69, 9.17) is 0 Å². The molecule has 0 aliphatic carbocycles. The maximum absolute atomic E-state index is 11.2. The van der Waals surface area contributed by atoms with Crippen LogP contribution in [0.2, 0.25) is 0 Å². The Morgan fingerprint density at radius 3 is 2.28 bits per heavy atom. The summed E-state index contributed by atoms with van der Waals surface area (Å²) in [6, 6.07) is 23.9. The summed E-state index contributed by atoms with van der Waals surface area (Å²) in [5.74, 6) is 0.437. The van der Waals surface area contributed by atoms with Crippen molar-refractivity contribution in [3.05, 3.63) is 77.9 Å². The van der Waals surface area contributed by atoms with Gasteiger partial charge in [0.05, 0.1) is 0 Å². The summed E-state index contributed by atoms with van der Waals surface area (Å²) >= 11 is 0. The van der Waals surface area contributed by atoms with Crippen LogP contribution in [0.15, 0.2) is 66.7 Å². The molecule has 0 aliphatic rings. The Labute approximate surface area is 170 Å². The van der Waals surface area contributed by atoms with Crippen molar-refractivity contribution in [2.24, 2.45) is 0 Å². The van der Waals surface area contributed by atoms with Gasteiger partial charge in [-0.15, -0.1) is 0 Å². The van der Waals surface area contributed by atoms with Crippen LogP contribution in [0.1, 0.15) is 24.5 Å². The Bertz CT molecular complexity index is 1380. The highest BCUT2D eigenvalue weighted by molar-refractivity contribution is 6.23. The van der Waals surface area contributed by atoms with E-state index in [9.17, 15) is 5.11 Å². The first-order valence-electron chi connectivity index (χ1n) is 10.4. The Morgan fingerprint density at radius 2 is 1.45 bits per heavy atom. The molecule has 5 rings (SSSR count). The predicted octanol–water partition coefficient (Wildman–Crippen LogP) is 6.68. The minimum atomic E-state index is 0.437. The predicted molar refractivity (Wildman–Crippen MR) is 125 cm³/mol. The molecule has 0 saturated heterocycles. The van der Waals surface area contributed by atoms with Crippen molar-refractivity contribution in [3.8, 4) is 5.75 Å². The third-order valence-electron chi connectivity index (χ3n) is 6.05. The number of hydrogen-bond donors (Lipinski definition) is 2. The Balaban J connectivity index is 1.97. The second-order valence-electron chi connectivity index (χ2n) is 7.85. The van der Waals surface area contributed by atoms with Crippen molar-refractivity contribution in [1.82, 2.24) is 5.32 Å². The van der Waals surface area contributed by atoms with Crippen molar-refractivity contribution in [2.45, 2.75) is 26.3 Å². The molecule has 0 saturated carbocycles. The summed E-state index contributed by atoms with van der Waals surface area (Å²) in [6.07, 6.45) is 1.90. The smallest absolute Gasteiger partial charge is 0.127 e. The molecule has 29 heavy (non-hydrogen) atoms. The molecule has 0 aromatic heterocycles. The maximum Gasteiger partial charge on any atom is 0.127 e. The van der Waals surface area contributed by atoms with Crippen LogP contribution in [0.25, 0.3) is 43.1 Å². The summed E-state index contributed by atoms with van der Waals surface area (Å²) in [5, 5.41) is 23.9. The number of rotatable bonds is 4. The van der Waals surface area contributed by atoms with E-state index in [2.05, 4.69) is 79.0 Å². The van der Waals surface area contributed by atoms with Gasteiger partial charge in [-0.1, -0.05) is 74.0 Å². The lowest BCUT2D eigenvalue weighted by Gasteiger charge is -2.16. The van der Waals surface area contributed by atoms with Gasteiger partial charge in [-0.2, -0.15) is 0 Å². The second-order valence-corrected chi connectivity index (χ2v) is 7.85. The lowest BCUT2D eigenvalue weighted by molar-refractivity contribution is 0.474. The molecular formula is C27H25NO. The molecule has 5 aromatic rings. The second kappa shape index (κ2) is 7.06. The van der Waals surface area contributed by atoms with E-state index < -0.39 is 0 Å². The van der Waals surface area contributed by atoms with Gasteiger partial charge in [-0.3, -0.25) is 0 Å². The fourth-order valence-electron chi connectivity index (χ4n) is 4.72. The van der Waals surface area contributed by atoms with E-state index in [1.54, 1.807) is 0 Å². The average Bonchev–Trinajstić information content (AvgIpc) is 2.75. The van der Waals surface area contributed by atoms with Crippen LogP contribution >= 0.6 is 0 Å². The topological polar surface area (TPSA) is 32.3 Å². The van der Waals surface area contributed by atoms with Gasteiger partial charge in [0.1, 0.15) is 5.75 Å². The van der Waals surface area contributed by atoms with E-state index in [1.165, 1.54) is 32.5 Å². The SMILES string of the molecule is CCCc1ccc2c(CNC)cc3c4ccc5ccccc5c4ccc3c2c1O. The highest BCUT2D eigenvalue weighted by Gasteiger charge is 2.15. The zero-order chi connectivity index (χ0) is 20.0. The minimum absolute atomic E-state index is 0.437. The van der Waals surface area contributed by atoms with Crippen molar-refractivity contribution in [3.63, 3.8) is 0 Å². The summed E-state index contributed by atoms with van der Waals surface area (Å²) in [4.78, 5) is 0. The van der Waals surface area contributed by atoms with E-state index >= 15 is 0 Å². The first-order valence-corrected chi connectivity index (χ1v) is 10.4. The van der Waals surface area contributed by atoms with Gasteiger partial charge < -0.3 is 10.4 Å². The number of phenols is 1. The van der Waals surface area contributed by atoms with Crippen LogP contribution < -0.4 is 5.32 Å². The first-order chi connectivity index (χ1) is 14.2. The number of hydrogen-bond acceptors (Lipinski definition) is 2. The van der Waals surface area contributed by atoms with E-state index in [1.807, 2.05) is 7.05 Å². The van der Waals surface area contributed by atoms with Crippen molar-refractivity contribution in [2.75, 3.05) is 7.05 Å². The number of aromatic hydroxyl groups is 1. The molecule has 0 bridgehead atoms. The molecule has 0 aliphatic heterocycles. The molecule has 2 N–H and O–H groups in total. The number of benzene rings is 5. The van der Waals surface area contributed by atoms with Crippen LogP contribution in [-0.4, -0.2) is 12.2 Å². The molecule has 144 valence electrons. The van der Waals surface area contributed by atoms with E-state index in [0.717, 1.165) is 41.1 Å². The molecular weight excluding hydrogens is 354 g/mol. The van der Waals surface area contributed by atoms with Gasteiger partial charge in [-0.05, 0) is 68.4 Å². The average molecular weight is 380 g/mol. The largest absolute Gasteiger partial charge is 0.507 e. The Morgan fingerprint density at radius 1 is 0.724 bits per heavy atom. The molecule has 0 spiro atoms. The zero-order valence-corrected chi connectivity index (χ0v) is 16.9. The number of aryl methyl sites for hydroxylation is 1. The normalized spacial score (nSPS) is 11.8. The highest BCUT2D eigenvalue weighted by atomic mass is 16.3. The van der Waals surface area contributed by atoms with Gasteiger partial charge in [0, 0.05) is 11.9 Å². The number of phenolic OH excluding ortho intramolecular Hbond substituents is 1. The standard InChI is InChI=1S/C27H25NO/c1-3-6-18-10-11-21-19(16-28-2)15-25-23-12-9-17-7-4-5-8-20(17)22(23)13-14-24(25)26(21)27(18)29/h4-5,7-15,28-29H,3,6,16H2,1-2H3. The van der Waals surface area contributed by atoms with Crippen molar-refractivity contribution < 1.29 is 5.11 Å². The monoisotopic (exact) mass is 379 g/mol. The van der Waals surface area contributed by atoms with Gasteiger partial charge >= 0.3 is 0 Å². The van der Waals surface area contributed by atoms with E-state index in [-0.39, 0.29) is 0 Å². The summed E-state index contributed by atoms with van der Waals surface area (Å²) < 4.78 is 0. The Hall–Kier alpha value is -3.10. The zero-order valence-electron chi connectivity index (χ0n) is 16.9. The quantitative estimate of drug-likeness (QED) is 0.342. The maximum atomic E-state index is 11.2. The Kier molecular flexibility index (Phi) is 4.37. The summed E-state index contributed by atoms with van der Waals surface area (Å²) in [5.41, 5.74) is 2.25. The van der Waals surface area contributed by atoms with Crippen LogP contribution in [0.4, 0.5) is 0 Å². The van der Waals surface area contributed by atoms with Crippen LogP contribution in [0.5, 0.6) is 5.75 Å². The lowest BCUT2D eigenvalue weighted by Crippen LogP contribution is -2.06. The van der Waals surface area contributed by atoms with Crippen LogP contribution in [-0.2, 0) is 13.0 Å². The molecule has 0 fully saturated rings. The lowest BCUT2D eigenvalue weighted by atomic mass is 9.90. The van der Waals surface area contributed by atoms with Gasteiger partial charge in [-0.25, -0.2) is 0 Å². The molecule has 0 amide bonds. The summed E-state index contributed by atoms with van der Waals surface area (Å²) in [7, 11) is 1.97. The molecule has 0 radical (unpaired) electrons. The third kappa shape index (κ3) is 2.75. The number of fused-ring (bicyclic) bond motifs is 7. The molecule has 2 heteroatoms. The van der Waals surface area contributed by atoms with Crippen molar-refractivity contribution in [1.29, 1.82) is 0 Å². The van der Waals surface area contributed by atoms with Crippen LogP contribution in [0.3, 0.4) is 0 Å². The molecule has 0 atom stereocenters. The third-order valence-corrected chi connectivity index (χ3v) is 6.05. The van der Waals surface area contributed by atoms with Crippen molar-refractivity contribution >= 4 is 43.1 Å². The van der Waals surface area contributed by atoms with E-state index in [0.29, 0.717) is 5.75 Å². The summed E-state index contributed by atoms with van der Waals surface area (Å²) in [6.45, 7) is 2.92. The molecule has 0 unspecified atom stereocenters. The fourth-order valence-corrected chi connectivity index (χ4v) is 4.72. The van der Waals surface area contributed by atoms with Gasteiger partial charge in [0.15, 0.2) is 0 Å². The number of nitrogens with one attached hydrogen (secondary N) is 1. The van der Waals surface area contributed by atoms with Gasteiger partial charge in [0.2, 0.25) is 0 Å². The molecule has 5 aromatic carbocycles. The first kappa shape index (κ1) is 18.0. The van der Waals surface area contributed by atoms with Crippen LogP contribution in [0, 0.1) is 0 Å². The molecule has 0 heterocycles. The fraction of sp³-hybridized carbons (Fsp3) is 0.185. The van der Waals surface area contributed by atoms with Gasteiger partial charge in [0.25, 0.3) is 0 Å². The minimum Gasteiger partial charge on any atom is -0.507 e. The molecule has 2 nitrogen and oxygen atoms in total. The highest BCUT2D eigenvalue weighted by Crippen LogP contribution is 2.41.